The minimum absolute atomic E-state index is 0.234. The third-order valence-electron chi connectivity index (χ3n) is 2.81. The van der Waals surface area contributed by atoms with E-state index in [9.17, 15) is 4.57 Å². The molecule has 0 saturated carbocycles. The van der Waals surface area contributed by atoms with E-state index in [1.807, 2.05) is 6.07 Å². The summed E-state index contributed by atoms with van der Waals surface area (Å²) in [5.74, 6) is 0.521. The van der Waals surface area contributed by atoms with Gasteiger partial charge in [-0.25, -0.2) is 4.98 Å². The molecule has 6 heteroatoms. The van der Waals surface area contributed by atoms with E-state index in [0.717, 1.165) is 10.6 Å². The molecule has 1 atom stereocenters. The number of hydrogen-bond acceptors (Lipinski definition) is 4. The molecule has 2 aromatic rings. The van der Waals surface area contributed by atoms with E-state index < -0.39 is 7.14 Å². The summed E-state index contributed by atoms with van der Waals surface area (Å²) in [6, 6.07) is 5.05. The SMILES string of the molecule is N#Cc1cc(Cl)nc(-c2oc3c4c2P34=O)c1. The van der Waals surface area contributed by atoms with Crippen LogP contribution in [-0.4, -0.2) is 4.98 Å². The number of aromatic nitrogens is 1. The van der Waals surface area contributed by atoms with Crippen molar-refractivity contribution in [3.05, 3.63) is 22.8 Å². The number of furan rings is 1. The van der Waals surface area contributed by atoms with Gasteiger partial charge in [0, 0.05) is 0 Å². The fraction of sp³-hybridized carbons (Fsp3) is 0. The Morgan fingerprint density at radius 1 is 1.44 bits per heavy atom. The van der Waals surface area contributed by atoms with Crippen molar-refractivity contribution in [2.45, 2.75) is 0 Å². The Balaban J connectivity index is 1.95. The predicted octanol–water partition coefficient (Wildman–Crippen LogP) is 1.13. The minimum atomic E-state index is -2.23. The number of nitriles is 1. The molecule has 0 saturated heterocycles. The number of fused-ring (bicyclic) bond motifs is 1. The van der Waals surface area contributed by atoms with Crippen LogP contribution in [-0.2, 0) is 4.57 Å². The molecule has 3 aliphatic rings. The summed E-state index contributed by atoms with van der Waals surface area (Å²) in [7, 11) is -2.23. The summed E-state index contributed by atoms with van der Waals surface area (Å²) in [5, 5.41) is 10.7. The van der Waals surface area contributed by atoms with Gasteiger partial charge < -0.3 is 8.98 Å². The minimum Gasteiger partial charge on any atom is -0.449 e. The lowest BCUT2D eigenvalue weighted by Crippen LogP contribution is -1.97. The van der Waals surface area contributed by atoms with Crippen LogP contribution in [0, 0.1) is 11.3 Å². The maximum Gasteiger partial charge on any atom is 0.214 e. The molecule has 0 aromatic carbocycles. The van der Waals surface area contributed by atoms with E-state index in [1.54, 1.807) is 6.07 Å². The van der Waals surface area contributed by atoms with Gasteiger partial charge in [-0.15, -0.1) is 0 Å². The van der Waals surface area contributed by atoms with Gasteiger partial charge in [-0.05, 0) is 12.1 Å². The van der Waals surface area contributed by atoms with Crippen LogP contribution in [0.2, 0.25) is 5.15 Å². The molecule has 0 radical (unpaired) electrons. The van der Waals surface area contributed by atoms with Gasteiger partial charge in [0.15, 0.2) is 11.3 Å². The standard InChI is InChI=1S/C10H2ClN2O2P/c11-6-2-4(3-12)1-5(13-6)7-8-9-10(15-7)16(8,9)14/h1-2H. The van der Waals surface area contributed by atoms with E-state index >= 15 is 0 Å². The molecule has 2 bridgehead atoms. The normalized spacial score (nSPS) is 22.5. The van der Waals surface area contributed by atoms with Crippen molar-refractivity contribution < 1.29 is 8.98 Å². The number of nitrogens with zero attached hydrogens (tertiary/aromatic N) is 2. The Kier molecular flexibility index (Phi) is 1.20. The lowest BCUT2D eigenvalue weighted by atomic mass is 10.2. The summed E-state index contributed by atoms with van der Waals surface area (Å²) in [6.45, 7) is 0. The summed E-state index contributed by atoms with van der Waals surface area (Å²) >= 11 is 5.79. The van der Waals surface area contributed by atoms with Crippen LogP contribution in [0.1, 0.15) is 5.56 Å². The predicted molar refractivity (Wildman–Crippen MR) is 58.2 cm³/mol. The van der Waals surface area contributed by atoms with Crippen LogP contribution in [0.5, 0.6) is 0 Å². The van der Waals surface area contributed by atoms with Gasteiger partial charge in [0.05, 0.1) is 22.2 Å². The van der Waals surface area contributed by atoms with Crippen molar-refractivity contribution in [2.24, 2.45) is 0 Å². The molecule has 0 N–H and O–H groups in total. The van der Waals surface area contributed by atoms with Crippen molar-refractivity contribution in [1.82, 2.24) is 4.98 Å². The third-order valence-corrected chi connectivity index (χ3v) is 5.56. The van der Waals surface area contributed by atoms with Gasteiger partial charge in [0.25, 0.3) is 0 Å². The molecule has 16 heavy (non-hydrogen) atoms. The highest BCUT2D eigenvalue weighted by Gasteiger charge is 2.74. The Hall–Kier alpha value is -1.56. The highest BCUT2D eigenvalue weighted by Crippen LogP contribution is 2.70. The van der Waals surface area contributed by atoms with Crippen LogP contribution >= 0.6 is 18.7 Å². The molecule has 76 valence electrons. The highest BCUT2D eigenvalue weighted by atomic mass is 35.5. The summed E-state index contributed by atoms with van der Waals surface area (Å²) in [4.78, 5) is 4.07. The Morgan fingerprint density at radius 2 is 2.19 bits per heavy atom. The molecule has 3 aliphatic heterocycles. The van der Waals surface area contributed by atoms with Gasteiger partial charge in [0.2, 0.25) is 7.14 Å². The molecular formula is C10H2ClN2O2P. The van der Waals surface area contributed by atoms with E-state index in [-0.39, 0.29) is 5.15 Å². The maximum atomic E-state index is 11.8. The lowest BCUT2D eigenvalue weighted by Gasteiger charge is -1.97. The smallest absolute Gasteiger partial charge is 0.214 e. The largest absolute Gasteiger partial charge is 0.449 e. The molecule has 5 rings (SSSR count). The Morgan fingerprint density at radius 3 is 2.75 bits per heavy atom. The number of pyridine rings is 1. The van der Waals surface area contributed by atoms with E-state index in [1.165, 1.54) is 6.07 Å². The van der Waals surface area contributed by atoms with Gasteiger partial charge in [0.1, 0.15) is 10.8 Å². The Bertz CT molecular complexity index is 763. The first-order chi connectivity index (χ1) is 7.66. The third kappa shape index (κ3) is 0.755. The molecule has 0 fully saturated rings. The molecule has 2 aromatic heterocycles. The van der Waals surface area contributed by atoms with Gasteiger partial charge in [-0.1, -0.05) is 11.6 Å². The van der Waals surface area contributed by atoms with Crippen LogP contribution in [0.25, 0.3) is 11.5 Å². The molecule has 0 aliphatic carbocycles. The van der Waals surface area contributed by atoms with Crippen LogP contribution < -0.4 is 16.1 Å². The average molecular weight is 249 g/mol. The van der Waals surface area contributed by atoms with Crippen molar-refractivity contribution in [3.63, 3.8) is 0 Å². The quantitative estimate of drug-likeness (QED) is 0.374. The van der Waals surface area contributed by atoms with Crippen LogP contribution in [0.3, 0.4) is 0 Å². The first kappa shape index (κ1) is 8.58. The summed E-state index contributed by atoms with van der Waals surface area (Å²) in [5.41, 5.74) is 1.53. The maximum absolute atomic E-state index is 11.8. The van der Waals surface area contributed by atoms with E-state index in [0.29, 0.717) is 22.5 Å². The first-order valence-electron chi connectivity index (χ1n) is 4.53. The lowest BCUT2D eigenvalue weighted by molar-refractivity contribution is 0.590. The molecule has 0 amide bonds. The van der Waals surface area contributed by atoms with E-state index in [2.05, 4.69) is 4.98 Å². The zero-order chi connectivity index (χ0) is 11.1. The van der Waals surface area contributed by atoms with E-state index in [4.69, 9.17) is 21.3 Å². The van der Waals surface area contributed by atoms with Crippen molar-refractivity contribution in [1.29, 1.82) is 5.26 Å². The van der Waals surface area contributed by atoms with Crippen molar-refractivity contribution in [3.8, 4) is 17.5 Å². The zero-order valence-corrected chi connectivity index (χ0v) is 9.34. The first-order valence-corrected chi connectivity index (χ1v) is 6.61. The second kappa shape index (κ2) is 2.24. The summed E-state index contributed by atoms with van der Waals surface area (Å²) < 4.78 is 17.1. The molecule has 1 unspecified atom stereocenters. The fourth-order valence-corrected chi connectivity index (χ4v) is 4.65. The van der Waals surface area contributed by atoms with Crippen molar-refractivity contribution >= 4 is 34.9 Å². The van der Waals surface area contributed by atoms with Gasteiger partial charge >= 0.3 is 0 Å². The number of rotatable bonds is 1. The molecule has 5 heterocycles. The monoisotopic (exact) mass is 248 g/mol. The average Bonchev–Trinajstić information content (AvgIpc) is 2.91. The topological polar surface area (TPSA) is 66.9 Å². The van der Waals surface area contributed by atoms with Crippen LogP contribution in [0.15, 0.2) is 16.5 Å². The van der Waals surface area contributed by atoms with Gasteiger partial charge in [-0.2, -0.15) is 5.26 Å². The molecular weight excluding hydrogens is 247 g/mol. The Labute approximate surface area is 94.8 Å². The number of hydrogen-bond donors (Lipinski definition) is 0. The number of halogens is 1. The van der Waals surface area contributed by atoms with Crippen molar-refractivity contribution in [2.75, 3.05) is 0 Å². The van der Waals surface area contributed by atoms with Crippen LogP contribution in [0.4, 0.5) is 0 Å². The van der Waals surface area contributed by atoms with Gasteiger partial charge in [-0.3, -0.25) is 0 Å². The molecule has 4 nitrogen and oxygen atoms in total. The fourth-order valence-electron chi connectivity index (χ4n) is 1.95. The summed E-state index contributed by atoms with van der Waals surface area (Å²) in [6.07, 6.45) is 0. The highest BCUT2D eigenvalue weighted by molar-refractivity contribution is 8.06. The molecule has 0 spiro atoms. The zero-order valence-electron chi connectivity index (χ0n) is 7.69. The second-order valence-electron chi connectivity index (χ2n) is 3.72. The second-order valence-corrected chi connectivity index (χ2v) is 6.62.